The summed E-state index contributed by atoms with van der Waals surface area (Å²) in [5.41, 5.74) is 5.32. The van der Waals surface area contributed by atoms with Gasteiger partial charge in [-0.2, -0.15) is 0 Å². The Morgan fingerprint density at radius 3 is 2.71 bits per heavy atom. The second kappa shape index (κ2) is 6.05. The van der Waals surface area contributed by atoms with E-state index in [0.29, 0.717) is 0 Å². The van der Waals surface area contributed by atoms with E-state index < -0.39 is 5.54 Å². The Morgan fingerprint density at radius 1 is 1.41 bits per heavy atom. The van der Waals surface area contributed by atoms with Gasteiger partial charge in [0.15, 0.2) is 0 Å². The van der Waals surface area contributed by atoms with E-state index in [1.165, 1.54) is 25.7 Å². The third-order valence-corrected chi connectivity index (χ3v) is 4.12. The average molecular weight is 261 g/mol. The molecule has 2 aliphatic carbocycles. The van der Waals surface area contributed by atoms with Crippen LogP contribution in [0.2, 0.25) is 0 Å². The number of nitrogens with one attached hydrogen (secondary N) is 1. The molecule has 0 bridgehead atoms. The van der Waals surface area contributed by atoms with Gasteiger partial charge in [-0.15, -0.1) is 12.4 Å². The summed E-state index contributed by atoms with van der Waals surface area (Å²) in [6.45, 7) is 3.15. The molecule has 0 aromatic carbocycles. The van der Waals surface area contributed by atoms with Crippen LogP contribution in [0.4, 0.5) is 0 Å². The first kappa shape index (κ1) is 14.8. The van der Waals surface area contributed by atoms with Crippen LogP contribution in [0, 0.1) is 11.8 Å². The van der Waals surface area contributed by atoms with Crippen molar-refractivity contribution in [1.82, 2.24) is 5.32 Å². The molecule has 0 radical (unpaired) electrons. The van der Waals surface area contributed by atoms with Crippen LogP contribution >= 0.6 is 12.4 Å². The van der Waals surface area contributed by atoms with E-state index in [0.717, 1.165) is 37.6 Å². The van der Waals surface area contributed by atoms with Crippen LogP contribution in [-0.2, 0) is 4.79 Å². The van der Waals surface area contributed by atoms with E-state index >= 15 is 0 Å². The molecule has 2 unspecified atom stereocenters. The van der Waals surface area contributed by atoms with Crippen molar-refractivity contribution in [3.05, 3.63) is 0 Å². The van der Waals surface area contributed by atoms with Crippen molar-refractivity contribution in [2.45, 2.75) is 57.4 Å². The lowest BCUT2D eigenvalue weighted by Crippen LogP contribution is -2.43. The first-order valence-electron chi connectivity index (χ1n) is 6.67. The molecule has 2 saturated carbocycles. The predicted octanol–water partition coefficient (Wildman–Crippen LogP) is 2.23. The highest BCUT2D eigenvalue weighted by Gasteiger charge is 2.45. The summed E-state index contributed by atoms with van der Waals surface area (Å²) in [5, 5.41) is 2.98. The molecule has 2 atom stereocenters. The molecule has 100 valence electrons. The summed E-state index contributed by atoms with van der Waals surface area (Å²) < 4.78 is 0. The molecule has 0 aliphatic heterocycles. The monoisotopic (exact) mass is 260 g/mol. The topological polar surface area (TPSA) is 55.1 Å². The maximum absolute atomic E-state index is 11.6. The van der Waals surface area contributed by atoms with Crippen molar-refractivity contribution >= 4 is 18.3 Å². The average Bonchev–Trinajstić information content (AvgIpc) is 2.98. The Kier molecular flexibility index (Phi) is 5.26. The summed E-state index contributed by atoms with van der Waals surface area (Å²) in [7, 11) is 0. The molecular weight excluding hydrogens is 236 g/mol. The van der Waals surface area contributed by atoms with Gasteiger partial charge in [-0.05, 0) is 37.5 Å². The Labute approximate surface area is 110 Å². The second-order valence-corrected chi connectivity index (χ2v) is 5.84. The quantitative estimate of drug-likeness (QED) is 0.815. The largest absolute Gasteiger partial charge is 0.354 e. The van der Waals surface area contributed by atoms with Gasteiger partial charge in [0.1, 0.15) is 0 Å². The zero-order valence-corrected chi connectivity index (χ0v) is 11.5. The first-order valence-corrected chi connectivity index (χ1v) is 6.67. The van der Waals surface area contributed by atoms with E-state index in [1.54, 1.807) is 0 Å². The lowest BCUT2D eigenvalue weighted by Gasteiger charge is -2.26. The molecule has 0 aromatic rings. The van der Waals surface area contributed by atoms with E-state index in [-0.39, 0.29) is 18.3 Å². The number of carbonyl (C=O) groups is 1. The number of halogens is 1. The summed E-state index contributed by atoms with van der Waals surface area (Å²) >= 11 is 0. The van der Waals surface area contributed by atoms with Crippen LogP contribution in [0.5, 0.6) is 0 Å². The number of nitrogens with two attached hydrogens (primary N) is 1. The van der Waals surface area contributed by atoms with Crippen molar-refractivity contribution in [2.75, 3.05) is 6.54 Å². The molecule has 0 aromatic heterocycles. The zero-order chi connectivity index (χ0) is 11.6. The third kappa shape index (κ3) is 4.14. The number of carbonyl (C=O) groups excluding carboxylic acids is 1. The second-order valence-electron chi connectivity index (χ2n) is 5.84. The summed E-state index contributed by atoms with van der Waals surface area (Å²) in [6, 6.07) is 0. The third-order valence-electron chi connectivity index (χ3n) is 4.12. The van der Waals surface area contributed by atoms with Crippen LogP contribution < -0.4 is 11.1 Å². The minimum Gasteiger partial charge on any atom is -0.354 e. The molecule has 4 heteroatoms. The number of rotatable bonds is 4. The van der Waals surface area contributed by atoms with Crippen LogP contribution in [0.1, 0.15) is 51.9 Å². The molecule has 3 N–H and O–H groups in total. The molecule has 2 aliphatic rings. The fraction of sp³-hybridized carbons (Fsp3) is 0.923. The fourth-order valence-corrected chi connectivity index (χ4v) is 2.75. The fourth-order valence-electron chi connectivity index (χ4n) is 2.75. The van der Waals surface area contributed by atoms with Gasteiger partial charge >= 0.3 is 0 Å². The lowest BCUT2D eigenvalue weighted by atomic mass is 9.81. The summed E-state index contributed by atoms with van der Waals surface area (Å²) in [4.78, 5) is 11.6. The molecule has 2 fully saturated rings. The van der Waals surface area contributed by atoms with Crippen molar-refractivity contribution in [2.24, 2.45) is 17.6 Å². The van der Waals surface area contributed by atoms with Gasteiger partial charge in [-0.1, -0.05) is 26.2 Å². The SMILES string of the molecule is CC1CCCC(CCNC(=O)C2(N)CC2)C1.Cl. The van der Waals surface area contributed by atoms with Crippen molar-refractivity contribution < 1.29 is 4.79 Å². The molecular formula is C13H25ClN2O. The van der Waals surface area contributed by atoms with Gasteiger partial charge in [-0.3, -0.25) is 4.79 Å². The maximum atomic E-state index is 11.6. The van der Waals surface area contributed by atoms with Crippen LogP contribution in [0.3, 0.4) is 0 Å². The van der Waals surface area contributed by atoms with Gasteiger partial charge in [0, 0.05) is 6.54 Å². The molecule has 0 heterocycles. The lowest BCUT2D eigenvalue weighted by molar-refractivity contribution is -0.123. The first-order chi connectivity index (χ1) is 7.60. The van der Waals surface area contributed by atoms with Crippen LogP contribution in [0.25, 0.3) is 0 Å². The van der Waals surface area contributed by atoms with Gasteiger partial charge in [0.2, 0.25) is 5.91 Å². The highest BCUT2D eigenvalue weighted by Crippen LogP contribution is 2.32. The van der Waals surface area contributed by atoms with E-state index in [9.17, 15) is 4.79 Å². The summed E-state index contributed by atoms with van der Waals surface area (Å²) in [6.07, 6.45) is 8.28. The van der Waals surface area contributed by atoms with Crippen molar-refractivity contribution in [3.63, 3.8) is 0 Å². The Morgan fingerprint density at radius 2 is 2.12 bits per heavy atom. The van der Waals surface area contributed by atoms with Gasteiger partial charge in [0.05, 0.1) is 5.54 Å². The van der Waals surface area contributed by atoms with Crippen LogP contribution in [-0.4, -0.2) is 18.0 Å². The maximum Gasteiger partial charge on any atom is 0.240 e. The van der Waals surface area contributed by atoms with Crippen LogP contribution in [0.15, 0.2) is 0 Å². The minimum absolute atomic E-state index is 0. The molecule has 0 spiro atoms. The molecule has 2 rings (SSSR count). The smallest absolute Gasteiger partial charge is 0.240 e. The minimum atomic E-state index is -0.500. The molecule has 1 amide bonds. The van der Waals surface area contributed by atoms with E-state index in [4.69, 9.17) is 5.73 Å². The Hall–Kier alpha value is -0.280. The molecule has 17 heavy (non-hydrogen) atoms. The van der Waals surface area contributed by atoms with Crippen molar-refractivity contribution in [3.8, 4) is 0 Å². The Bertz CT molecular complexity index is 266. The van der Waals surface area contributed by atoms with Crippen molar-refractivity contribution in [1.29, 1.82) is 0 Å². The summed E-state index contributed by atoms with van der Waals surface area (Å²) in [5.74, 6) is 1.76. The standard InChI is InChI=1S/C13H24N2O.ClH/c1-10-3-2-4-11(9-10)5-8-15-12(16)13(14)6-7-13;/h10-11H,2-9,14H2,1H3,(H,15,16);1H. The van der Waals surface area contributed by atoms with Gasteiger partial charge < -0.3 is 11.1 Å². The Balaban J connectivity index is 0.00000144. The number of hydrogen-bond donors (Lipinski definition) is 2. The van der Waals surface area contributed by atoms with Gasteiger partial charge in [-0.25, -0.2) is 0 Å². The zero-order valence-electron chi connectivity index (χ0n) is 10.7. The highest BCUT2D eigenvalue weighted by atomic mass is 35.5. The number of hydrogen-bond acceptors (Lipinski definition) is 2. The van der Waals surface area contributed by atoms with E-state index in [1.807, 2.05) is 0 Å². The highest BCUT2D eigenvalue weighted by molar-refractivity contribution is 5.88. The molecule has 3 nitrogen and oxygen atoms in total. The normalized spacial score (nSPS) is 30.2. The van der Waals surface area contributed by atoms with Gasteiger partial charge in [0.25, 0.3) is 0 Å². The van der Waals surface area contributed by atoms with E-state index in [2.05, 4.69) is 12.2 Å². The molecule has 0 saturated heterocycles. The predicted molar refractivity (Wildman–Crippen MR) is 72.1 cm³/mol. The number of amides is 1.